The van der Waals surface area contributed by atoms with Crippen molar-refractivity contribution in [2.45, 2.75) is 103 Å². The molecule has 2 aromatic rings. The summed E-state index contributed by atoms with van der Waals surface area (Å²) in [7, 11) is 2.07. The normalized spacial score (nSPS) is 23.8. The molecule has 0 bridgehead atoms. The molecule has 43 heavy (non-hydrogen) atoms. The van der Waals surface area contributed by atoms with Crippen LogP contribution in [0.3, 0.4) is 0 Å². The first kappa shape index (κ1) is 32.7. The predicted octanol–water partition coefficient (Wildman–Crippen LogP) is 6.33. The van der Waals surface area contributed by atoms with E-state index < -0.39 is 11.0 Å². The maximum Gasteiger partial charge on any atom is 0.308 e. The molecule has 234 valence electrons. The molecule has 0 radical (unpaired) electrons. The summed E-state index contributed by atoms with van der Waals surface area (Å²) in [5.74, 6) is 0.379. The molecule has 1 aliphatic heterocycles. The van der Waals surface area contributed by atoms with Crippen LogP contribution in [0.4, 0.5) is 0 Å². The molecule has 7 heteroatoms. The summed E-state index contributed by atoms with van der Waals surface area (Å²) < 4.78 is 11.8. The van der Waals surface area contributed by atoms with Gasteiger partial charge in [-0.25, -0.2) is 0 Å². The minimum atomic E-state index is -0.735. The van der Waals surface area contributed by atoms with E-state index in [-0.39, 0.29) is 23.9 Å². The van der Waals surface area contributed by atoms with Gasteiger partial charge in [-0.2, -0.15) is 0 Å². The van der Waals surface area contributed by atoms with Crippen LogP contribution >= 0.6 is 0 Å². The highest BCUT2D eigenvalue weighted by Crippen LogP contribution is 2.54. The number of likely N-dealkylation sites (tertiary alicyclic amines) is 1. The fourth-order valence-electron chi connectivity index (χ4n) is 7.48. The number of amides is 1. The first-order chi connectivity index (χ1) is 20.5. The van der Waals surface area contributed by atoms with E-state index in [0.29, 0.717) is 44.0 Å². The lowest BCUT2D eigenvalue weighted by Gasteiger charge is -2.60. The van der Waals surface area contributed by atoms with E-state index in [0.717, 1.165) is 50.6 Å². The third kappa shape index (κ3) is 8.05. The smallest absolute Gasteiger partial charge is 0.308 e. The minimum absolute atomic E-state index is 0.0312. The van der Waals surface area contributed by atoms with Crippen molar-refractivity contribution in [2.75, 3.05) is 26.7 Å². The van der Waals surface area contributed by atoms with Gasteiger partial charge < -0.3 is 19.3 Å². The first-order valence-electron chi connectivity index (χ1n) is 16.0. The van der Waals surface area contributed by atoms with Gasteiger partial charge in [0.1, 0.15) is 11.4 Å². The van der Waals surface area contributed by atoms with E-state index in [9.17, 15) is 14.4 Å². The summed E-state index contributed by atoms with van der Waals surface area (Å²) >= 11 is 0. The van der Waals surface area contributed by atoms with E-state index >= 15 is 0 Å². The van der Waals surface area contributed by atoms with Gasteiger partial charge in [-0.05, 0) is 87.7 Å². The highest BCUT2D eigenvalue weighted by molar-refractivity contribution is 5.76. The highest BCUT2D eigenvalue weighted by Gasteiger charge is 2.61. The number of esters is 2. The molecule has 4 rings (SSSR count). The number of likely N-dealkylation sites (N-methyl/N-ethyl adjacent to an activating group) is 1. The van der Waals surface area contributed by atoms with E-state index in [1.165, 1.54) is 19.4 Å². The molecular formula is C36H50N2O5. The number of piperidine rings is 1. The Balaban J connectivity index is 1.59. The molecule has 3 atom stereocenters. The van der Waals surface area contributed by atoms with Crippen molar-refractivity contribution >= 4 is 17.8 Å². The summed E-state index contributed by atoms with van der Waals surface area (Å²) in [4.78, 5) is 42.7. The number of rotatable bonds is 12. The molecule has 2 aliphatic rings. The fourth-order valence-corrected chi connectivity index (χ4v) is 7.48. The maximum absolute atomic E-state index is 13.9. The Morgan fingerprint density at radius 2 is 1.74 bits per heavy atom. The second kappa shape index (κ2) is 14.5. The quantitative estimate of drug-likeness (QED) is 0.163. The summed E-state index contributed by atoms with van der Waals surface area (Å²) in [6.45, 7) is 9.39. The van der Waals surface area contributed by atoms with Crippen molar-refractivity contribution in [3.05, 3.63) is 65.7 Å². The van der Waals surface area contributed by atoms with Gasteiger partial charge in [-0.15, -0.1) is 0 Å². The zero-order valence-electron chi connectivity index (χ0n) is 26.8. The van der Waals surface area contributed by atoms with Crippen molar-refractivity contribution < 1.29 is 23.9 Å². The predicted molar refractivity (Wildman–Crippen MR) is 169 cm³/mol. The second-order valence-electron chi connectivity index (χ2n) is 13.2. The van der Waals surface area contributed by atoms with Crippen LogP contribution in [0.2, 0.25) is 0 Å². The van der Waals surface area contributed by atoms with Crippen molar-refractivity contribution in [3.63, 3.8) is 0 Å². The van der Waals surface area contributed by atoms with Crippen molar-refractivity contribution in [2.24, 2.45) is 5.92 Å². The molecule has 0 aromatic heterocycles. The van der Waals surface area contributed by atoms with E-state index in [2.05, 4.69) is 61.0 Å². The van der Waals surface area contributed by atoms with Gasteiger partial charge in [0.15, 0.2) is 0 Å². The lowest BCUT2D eigenvalue weighted by atomic mass is 9.55. The standard InChI is InChI=1S/C36H50N2O5/c1-27(2)25-38(34(41)18-11-7-10-15-30-13-8-6-9-14-30)32-19-20-36(43-29(4)40)26-37(5)22-21-35(36,24-32)31-16-12-17-33(23-31)42-28(3)39/h6,8-9,12-14,16-17,23,27,32H,7,10-11,15,18-22,24-26H2,1-5H3/t32-,35+,36+/m1/s1. The number of hydrogen-bond acceptors (Lipinski definition) is 6. The van der Waals surface area contributed by atoms with Crippen LogP contribution in [-0.4, -0.2) is 66.0 Å². The molecule has 0 spiro atoms. The molecule has 1 saturated carbocycles. The number of carbonyl (C=O) groups excluding carboxylic acids is 3. The Hall–Kier alpha value is -3.19. The van der Waals surface area contributed by atoms with Gasteiger partial charge in [-0.3, -0.25) is 14.4 Å². The molecule has 0 unspecified atom stereocenters. The van der Waals surface area contributed by atoms with Gasteiger partial charge >= 0.3 is 11.9 Å². The third-order valence-corrected chi connectivity index (χ3v) is 9.29. The van der Waals surface area contributed by atoms with Crippen LogP contribution in [0.1, 0.15) is 90.2 Å². The zero-order valence-corrected chi connectivity index (χ0v) is 26.8. The molecule has 1 aliphatic carbocycles. The van der Waals surface area contributed by atoms with Gasteiger partial charge in [0, 0.05) is 44.8 Å². The third-order valence-electron chi connectivity index (χ3n) is 9.29. The summed E-state index contributed by atoms with van der Waals surface area (Å²) in [6, 6.07) is 18.3. The largest absolute Gasteiger partial charge is 0.457 e. The van der Waals surface area contributed by atoms with Crippen LogP contribution in [0, 0.1) is 5.92 Å². The number of aryl methyl sites for hydroxylation is 1. The van der Waals surface area contributed by atoms with Gasteiger partial charge in [0.05, 0.1) is 0 Å². The SMILES string of the molecule is CC(=O)Oc1cccc([C@@]23CCN(C)C[C@@]2(OC(C)=O)CC[C@@H](N(CC(C)C)C(=O)CCCCCc2ccccc2)C3)c1. The van der Waals surface area contributed by atoms with Gasteiger partial charge in [0.2, 0.25) is 5.91 Å². The molecule has 1 amide bonds. The number of nitrogens with zero attached hydrogens (tertiary/aromatic N) is 2. The average Bonchev–Trinajstić information content (AvgIpc) is 2.95. The molecule has 0 N–H and O–H groups in total. The van der Waals surface area contributed by atoms with Gasteiger partial charge in [-0.1, -0.05) is 62.7 Å². The average molecular weight is 591 g/mol. The monoisotopic (exact) mass is 590 g/mol. The Bertz CT molecular complexity index is 1250. The summed E-state index contributed by atoms with van der Waals surface area (Å²) in [5.41, 5.74) is 1.09. The topological polar surface area (TPSA) is 76.2 Å². The maximum atomic E-state index is 13.9. The van der Waals surface area contributed by atoms with E-state index in [1.54, 1.807) is 6.07 Å². The molecule has 2 aromatic carbocycles. The Labute approximate surface area is 257 Å². The van der Waals surface area contributed by atoms with Crippen molar-refractivity contribution in [1.82, 2.24) is 9.80 Å². The van der Waals surface area contributed by atoms with Crippen molar-refractivity contribution in [1.29, 1.82) is 0 Å². The van der Waals surface area contributed by atoms with Crippen LogP contribution in [0.25, 0.3) is 0 Å². The molecule has 2 fully saturated rings. The Morgan fingerprint density at radius 3 is 2.44 bits per heavy atom. The minimum Gasteiger partial charge on any atom is -0.457 e. The number of benzene rings is 2. The van der Waals surface area contributed by atoms with Crippen LogP contribution in [-0.2, 0) is 31.0 Å². The zero-order chi connectivity index (χ0) is 31.0. The fraction of sp³-hybridized carbons (Fsp3) is 0.583. The Morgan fingerprint density at radius 1 is 0.977 bits per heavy atom. The van der Waals surface area contributed by atoms with Crippen LogP contribution in [0.15, 0.2) is 54.6 Å². The molecule has 7 nitrogen and oxygen atoms in total. The van der Waals surface area contributed by atoms with Crippen LogP contribution < -0.4 is 4.74 Å². The Kier molecular flexibility index (Phi) is 11.0. The summed E-state index contributed by atoms with van der Waals surface area (Å²) in [5, 5.41) is 0. The number of ether oxygens (including phenoxy) is 2. The second-order valence-corrected chi connectivity index (χ2v) is 13.2. The van der Waals surface area contributed by atoms with E-state index in [4.69, 9.17) is 9.47 Å². The molecule has 1 heterocycles. The van der Waals surface area contributed by atoms with E-state index in [1.807, 2.05) is 18.2 Å². The van der Waals surface area contributed by atoms with Gasteiger partial charge in [0.25, 0.3) is 0 Å². The number of fused-ring (bicyclic) bond motifs is 1. The highest BCUT2D eigenvalue weighted by atomic mass is 16.6. The lowest BCUT2D eigenvalue weighted by molar-refractivity contribution is -0.189. The summed E-state index contributed by atoms with van der Waals surface area (Å²) in [6.07, 6.45) is 7.48. The number of unbranched alkanes of at least 4 members (excludes halogenated alkanes) is 2. The first-order valence-corrected chi connectivity index (χ1v) is 16.0. The van der Waals surface area contributed by atoms with Crippen molar-refractivity contribution in [3.8, 4) is 5.75 Å². The molecule has 1 saturated heterocycles. The lowest BCUT2D eigenvalue weighted by Crippen LogP contribution is -2.68. The van der Waals surface area contributed by atoms with Crippen LogP contribution in [0.5, 0.6) is 5.75 Å². The molecular weight excluding hydrogens is 540 g/mol. The number of hydrogen-bond donors (Lipinski definition) is 0. The number of carbonyl (C=O) groups is 3.